The topological polar surface area (TPSA) is 64.6 Å². The van der Waals surface area contributed by atoms with Crippen molar-refractivity contribution in [3.63, 3.8) is 0 Å². The van der Waals surface area contributed by atoms with Gasteiger partial charge in [-0.05, 0) is 31.5 Å². The van der Waals surface area contributed by atoms with E-state index in [4.69, 9.17) is 0 Å². The van der Waals surface area contributed by atoms with Gasteiger partial charge < -0.3 is 15.1 Å². The number of anilines is 1. The first-order valence-electron chi connectivity index (χ1n) is 11.6. The summed E-state index contributed by atoms with van der Waals surface area (Å²) in [7, 11) is 1.81. The van der Waals surface area contributed by atoms with Gasteiger partial charge in [-0.2, -0.15) is 13.2 Å². The molecule has 0 spiro atoms. The highest BCUT2D eigenvalue weighted by Gasteiger charge is 2.39. The van der Waals surface area contributed by atoms with Gasteiger partial charge in [0.25, 0.3) is 0 Å². The molecule has 1 amide bonds. The van der Waals surface area contributed by atoms with Crippen molar-refractivity contribution < 1.29 is 18.0 Å². The average molecular weight is 477 g/mol. The van der Waals surface area contributed by atoms with Gasteiger partial charge in [0, 0.05) is 63.6 Å². The van der Waals surface area contributed by atoms with Crippen LogP contribution in [-0.2, 0) is 16.4 Å². The molecule has 34 heavy (non-hydrogen) atoms. The smallest absolute Gasteiger partial charge is 0.353 e. The second kappa shape index (κ2) is 10.3. The van der Waals surface area contributed by atoms with E-state index in [1.165, 1.54) is 12.1 Å². The van der Waals surface area contributed by atoms with Crippen LogP contribution >= 0.6 is 0 Å². The molecular weight excluding hydrogens is 445 g/mol. The fraction of sp³-hybridized carbons (Fsp3) is 0.542. The van der Waals surface area contributed by atoms with Gasteiger partial charge in [0.1, 0.15) is 5.82 Å². The van der Waals surface area contributed by atoms with E-state index < -0.39 is 17.2 Å². The Hall–Kier alpha value is -2.72. The number of piperazine rings is 1. The number of carbonyl (C=O) groups excluding carboxylic acids is 1. The van der Waals surface area contributed by atoms with Crippen LogP contribution in [0.2, 0.25) is 0 Å². The number of alkyl halides is 3. The minimum Gasteiger partial charge on any atom is -0.353 e. The number of piperidine rings is 1. The van der Waals surface area contributed by atoms with Crippen LogP contribution in [-0.4, -0.2) is 85.1 Å². The maximum absolute atomic E-state index is 13.3. The molecule has 1 N–H and O–H groups in total. The van der Waals surface area contributed by atoms with Crippen molar-refractivity contribution in [3.05, 3.63) is 54.0 Å². The molecule has 0 aliphatic carbocycles. The Labute approximate surface area is 198 Å². The lowest BCUT2D eigenvalue weighted by Crippen LogP contribution is -2.53. The molecule has 10 heteroatoms. The molecule has 184 valence electrons. The summed E-state index contributed by atoms with van der Waals surface area (Å²) in [5.41, 5.74) is -0.363. The quantitative estimate of drug-likeness (QED) is 0.691. The molecule has 0 radical (unpaired) electrons. The highest BCUT2D eigenvalue weighted by Crippen LogP contribution is 2.38. The lowest BCUT2D eigenvalue weighted by molar-refractivity contribution is -0.137. The third-order valence-electron chi connectivity index (χ3n) is 7.00. The molecule has 3 heterocycles. The summed E-state index contributed by atoms with van der Waals surface area (Å²) < 4.78 is 39.8. The molecule has 0 bridgehead atoms. The van der Waals surface area contributed by atoms with Gasteiger partial charge in [-0.1, -0.05) is 18.2 Å². The zero-order chi connectivity index (χ0) is 24.2. The zero-order valence-electron chi connectivity index (χ0n) is 19.4. The Morgan fingerprint density at radius 2 is 1.82 bits per heavy atom. The van der Waals surface area contributed by atoms with Gasteiger partial charge >= 0.3 is 6.18 Å². The van der Waals surface area contributed by atoms with E-state index in [2.05, 4.69) is 25.1 Å². The van der Waals surface area contributed by atoms with Gasteiger partial charge in [-0.15, -0.1) is 0 Å². The van der Waals surface area contributed by atoms with Gasteiger partial charge in [0.15, 0.2) is 0 Å². The number of likely N-dealkylation sites (N-methyl/N-ethyl adjacent to an activating group) is 1. The number of halogens is 3. The molecule has 1 aromatic heterocycles. The van der Waals surface area contributed by atoms with Crippen molar-refractivity contribution in [2.75, 3.05) is 64.3 Å². The van der Waals surface area contributed by atoms with Crippen LogP contribution in [0.5, 0.6) is 0 Å². The molecule has 0 unspecified atom stereocenters. The Kier molecular flexibility index (Phi) is 7.37. The predicted molar refractivity (Wildman–Crippen MR) is 124 cm³/mol. The number of nitrogens with zero attached hydrogens (tertiary/aromatic N) is 5. The van der Waals surface area contributed by atoms with Crippen LogP contribution in [0.25, 0.3) is 0 Å². The number of carbonyl (C=O) groups is 1. The number of hydrogen-bond donors (Lipinski definition) is 1. The van der Waals surface area contributed by atoms with E-state index in [0.717, 1.165) is 38.1 Å². The number of nitrogens with one attached hydrogen (secondary N) is 1. The Balaban J connectivity index is 1.33. The molecule has 0 saturated carbocycles. The Bertz CT molecular complexity index is 955. The maximum Gasteiger partial charge on any atom is 0.416 e. The largest absolute Gasteiger partial charge is 0.416 e. The Morgan fingerprint density at radius 1 is 1.09 bits per heavy atom. The first-order valence-corrected chi connectivity index (χ1v) is 11.6. The molecule has 0 atom stereocenters. The van der Waals surface area contributed by atoms with Crippen LogP contribution in [0.15, 0.2) is 42.9 Å². The van der Waals surface area contributed by atoms with E-state index in [9.17, 15) is 18.0 Å². The summed E-state index contributed by atoms with van der Waals surface area (Å²) in [6.45, 7) is 5.11. The Morgan fingerprint density at radius 3 is 2.44 bits per heavy atom. The van der Waals surface area contributed by atoms with Crippen LogP contribution in [0.4, 0.5) is 19.0 Å². The van der Waals surface area contributed by atoms with Crippen molar-refractivity contribution >= 4 is 11.7 Å². The van der Waals surface area contributed by atoms with E-state index >= 15 is 0 Å². The molecular formula is C24H31F3N6O. The van der Waals surface area contributed by atoms with Crippen molar-refractivity contribution in [1.82, 2.24) is 25.1 Å². The maximum atomic E-state index is 13.3. The lowest BCUT2D eigenvalue weighted by atomic mass is 9.72. The number of benzene rings is 1. The van der Waals surface area contributed by atoms with Crippen molar-refractivity contribution in [2.24, 2.45) is 0 Å². The van der Waals surface area contributed by atoms with Gasteiger partial charge in [-0.3, -0.25) is 14.7 Å². The number of amides is 1. The summed E-state index contributed by atoms with van der Waals surface area (Å²) in [5, 5.41) is 3.16. The summed E-state index contributed by atoms with van der Waals surface area (Å²) in [6.07, 6.45) is 1.95. The lowest BCUT2D eigenvalue weighted by Gasteiger charge is -2.43. The fourth-order valence-corrected chi connectivity index (χ4v) is 5.00. The third-order valence-corrected chi connectivity index (χ3v) is 7.00. The van der Waals surface area contributed by atoms with Crippen molar-refractivity contribution in [2.45, 2.75) is 24.4 Å². The number of rotatable bonds is 6. The average Bonchev–Trinajstić information content (AvgIpc) is 2.85. The standard InChI is InChI=1S/C24H31F3N6O/c1-28-18-23(19-3-2-4-20(15-19)24(25,26)27)5-9-33(10-6-23)22(34)17-31-11-13-32(14-12-31)21-16-29-7-8-30-21/h2-4,7-8,15-16,28H,5-6,9-14,17-18H2,1H3. The van der Waals surface area contributed by atoms with Crippen LogP contribution in [0.1, 0.15) is 24.0 Å². The van der Waals surface area contributed by atoms with Crippen LogP contribution < -0.4 is 10.2 Å². The molecule has 2 aromatic rings. The first kappa shape index (κ1) is 24.4. The molecule has 2 aliphatic rings. The van der Waals surface area contributed by atoms with Crippen molar-refractivity contribution in [3.8, 4) is 0 Å². The normalized spacial score (nSPS) is 19.3. The third kappa shape index (κ3) is 5.50. The van der Waals surface area contributed by atoms with E-state index in [1.807, 2.05) is 11.9 Å². The number of aromatic nitrogens is 2. The highest BCUT2D eigenvalue weighted by molar-refractivity contribution is 5.78. The molecule has 2 fully saturated rings. The molecule has 7 nitrogen and oxygen atoms in total. The second-order valence-electron chi connectivity index (χ2n) is 9.10. The monoisotopic (exact) mass is 476 g/mol. The fourth-order valence-electron chi connectivity index (χ4n) is 5.00. The highest BCUT2D eigenvalue weighted by atomic mass is 19.4. The van der Waals surface area contributed by atoms with Crippen LogP contribution in [0, 0.1) is 0 Å². The minimum atomic E-state index is -4.37. The summed E-state index contributed by atoms with van der Waals surface area (Å²) in [5.74, 6) is 0.926. The van der Waals surface area contributed by atoms with Crippen molar-refractivity contribution in [1.29, 1.82) is 0 Å². The predicted octanol–water partition coefficient (Wildman–Crippen LogP) is 2.40. The molecule has 2 aliphatic heterocycles. The minimum absolute atomic E-state index is 0.0788. The van der Waals surface area contributed by atoms with E-state index in [0.29, 0.717) is 44.6 Å². The zero-order valence-corrected chi connectivity index (χ0v) is 19.4. The van der Waals surface area contributed by atoms with E-state index in [1.54, 1.807) is 24.7 Å². The van der Waals surface area contributed by atoms with Gasteiger partial charge in [-0.25, -0.2) is 4.98 Å². The second-order valence-corrected chi connectivity index (χ2v) is 9.10. The summed E-state index contributed by atoms with van der Waals surface area (Å²) in [4.78, 5) is 27.6. The van der Waals surface area contributed by atoms with Gasteiger partial charge in [0.05, 0.1) is 18.3 Å². The molecule has 2 saturated heterocycles. The number of likely N-dealkylation sites (tertiary alicyclic amines) is 1. The summed E-state index contributed by atoms with van der Waals surface area (Å²) in [6, 6.07) is 5.64. The van der Waals surface area contributed by atoms with Crippen LogP contribution in [0.3, 0.4) is 0 Å². The SMILES string of the molecule is CNCC1(c2cccc(C(F)(F)F)c2)CCN(C(=O)CN2CCN(c3cnccn3)CC2)CC1. The first-order chi connectivity index (χ1) is 16.3. The molecule has 1 aromatic carbocycles. The molecule has 4 rings (SSSR count). The summed E-state index contributed by atoms with van der Waals surface area (Å²) >= 11 is 0. The van der Waals surface area contributed by atoms with Gasteiger partial charge in [0.2, 0.25) is 5.91 Å². The van der Waals surface area contributed by atoms with E-state index in [-0.39, 0.29) is 5.91 Å². The number of hydrogen-bond acceptors (Lipinski definition) is 6.